The lowest BCUT2D eigenvalue weighted by Gasteiger charge is -2.33. The molecule has 0 aliphatic carbocycles. The van der Waals surface area contributed by atoms with Crippen molar-refractivity contribution in [1.29, 1.82) is 0 Å². The maximum absolute atomic E-state index is 5.63. The molecule has 2 rings (SSSR count). The normalized spacial score (nSPS) is 25.3. The summed E-state index contributed by atoms with van der Waals surface area (Å²) in [6.07, 6.45) is 5.27. The molecule has 0 aromatic rings. The third-order valence-corrected chi connectivity index (χ3v) is 3.89. The molecular weight excluding hydrogens is 353 g/mol. The summed E-state index contributed by atoms with van der Waals surface area (Å²) in [5, 5.41) is 3.41. The smallest absolute Gasteiger partial charge is 0.194 e. The fourth-order valence-corrected chi connectivity index (χ4v) is 2.62. The van der Waals surface area contributed by atoms with Gasteiger partial charge in [0.05, 0.1) is 12.6 Å². The van der Waals surface area contributed by atoms with Crippen molar-refractivity contribution in [2.45, 2.75) is 45.6 Å². The number of aliphatic imine (C=N–C) groups is 1. The summed E-state index contributed by atoms with van der Waals surface area (Å²) in [5.41, 5.74) is 0. The van der Waals surface area contributed by atoms with E-state index >= 15 is 0 Å². The van der Waals surface area contributed by atoms with Crippen LogP contribution in [0.4, 0.5) is 0 Å². The van der Waals surface area contributed by atoms with E-state index < -0.39 is 0 Å². The SMILES string of the molecule is CCNC(=NCC1CCCO1)N1CCC(C)CC1.I. The molecular formula is C14H28IN3O. The first kappa shape index (κ1) is 17.0. The second-order valence-corrected chi connectivity index (χ2v) is 5.50. The molecule has 2 heterocycles. The molecule has 2 saturated heterocycles. The van der Waals surface area contributed by atoms with Crippen LogP contribution < -0.4 is 5.32 Å². The summed E-state index contributed by atoms with van der Waals surface area (Å²) in [5.74, 6) is 1.95. The van der Waals surface area contributed by atoms with Crippen molar-refractivity contribution in [2.24, 2.45) is 10.9 Å². The molecule has 1 unspecified atom stereocenters. The van der Waals surface area contributed by atoms with Gasteiger partial charge < -0.3 is 15.0 Å². The summed E-state index contributed by atoms with van der Waals surface area (Å²) in [7, 11) is 0. The summed E-state index contributed by atoms with van der Waals surface area (Å²) in [4.78, 5) is 7.15. The predicted molar refractivity (Wildman–Crippen MR) is 90.3 cm³/mol. The van der Waals surface area contributed by atoms with Crippen molar-refractivity contribution in [2.75, 3.05) is 32.8 Å². The van der Waals surface area contributed by atoms with E-state index in [2.05, 4.69) is 24.1 Å². The lowest BCUT2D eigenvalue weighted by Crippen LogP contribution is -2.45. The van der Waals surface area contributed by atoms with Gasteiger partial charge in [-0.05, 0) is 38.5 Å². The number of halogens is 1. The number of ether oxygens (including phenoxy) is 1. The first-order valence-electron chi connectivity index (χ1n) is 7.44. The van der Waals surface area contributed by atoms with Crippen molar-refractivity contribution in [3.8, 4) is 0 Å². The van der Waals surface area contributed by atoms with Gasteiger partial charge in [0.25, 0.3) is 0 Å². The number of piperidine rings is 1. The standard InChI is InChI=1S/C14H27N3O.HI/c1-3-15-14(16-11-13-5-4-10-18-13)17-8-6-12(2)7-9-17;/h12-13H,3-11H2,1-2H3,(H,15,16);1H. The van der Waals surface area contributed by atoms with Crippen LogP contribution in [0.1, 0.15) is 39.5 Å². The van der Waals surface area contributed by atoms with Crippen LogP contribution in [0, 0.1) is 5.92 Å². The minimum absolute atomic E-state index is 0. The maximum Gasteiger partial charge on any atom is 0.194 e. The summed E-state index contributed by atoms with van der Waals surface area (Å²) in [6.45, 7) is 9.42. The highest BCUT2D eigenvalue weighted by Crippen LogP contribution is 2.16. The van der Waals surface area contributed by atoms with E-state index in [-0.39, 0.29) is 24.0 Å². The van der Waals surface area contributed by atoms with E-state index in [9.17, 15) is 0 Å². The molecule has 0 bridgehead atoms. The molecule has 2 aliphatic heterocycles. The molecule has 1 atom stereocenters. The molecule has 0 aromatic heterocycles. The van der Waals surface area contributed by atoms with Crippen LogP contribution in [0.3, 0.4) is 0 Å². The zero-order chi connectivity index (χ0) is 12.8. The van der Waals surface area contributed by atoms with Crippen LogP contribution in [0.15, 0.2) is 4.99 Å². The fourth-order valence-electron chi connectivity index (χ4n) is 2.62. The molecule has 0 saturated carbocycles. The van der Waals surface area contributed by atoms with Gasteiger partial charge in [0.2, 0.25) is 0 Å². The van der Waals surface area contributed by atoms with E-state index in [1.165, 1.54) is 25.7 Å². The number of nitrogens with one attached hydrogen (secondary N) is 1. The van der Waals surface area contributed by atoms with Gasteiger partial charge in [0.1, 0.15) is 0 Å². The van der Waals surface area contributed by atoms with Gasteiger partial charge in [-0.3, -0.25) is 4.99 Å². The van der Waals surface area contributed by atoms with Crippen molar-refractivity contribution >= 4 is 29.9 Å². The second-order valence-electron chi connectivity index (χ2n) is 5.50. The number of nitrogens with zero attached hydrogens (tertiary/aromatic N) is 2. The fraction of sp³-hybridized carbons (Fsp3) is 0.929. The van der Waals surface area contributed by atoms with E-state index in [4.69, 9.17) is 9.73 Å². The van der Waals surface area contributed by atoms with Crippen LogP contribution in [-0.2, 0) is 4.74 Å². The van der Waals surface area contributed by atoms with Crippen LogP contribution in [-0.4, -0.2) is 49.7 Å². The summed E-state index contributed by atoms with van der Waals surface area (Å²) < 4.78 is 5.63. The Labute approximate surface area is 134 Å². The maximum atomic E-state index is 5.63. The predicted octanol–water partition coefficient (Wildman–Crippen LogP) is 2.48. The zero-order valence-electron chi connectivity index (χ0n) is 12.2. The first-order valence-corrected chi connectivity index (χ1v) is 7.44. The highest BCUT2D eigenvalue weighted by molar-refractivity contribution is 14.0. The Hall–Kier alpha value is -0.0400. The third kappa shape index (κ3) is 5.45. The highest BCUT2D eigenvalue weighted by Gasteiger charge is 2.20. The highest BCUT2D eigenvalue weighted by atomic mass is 127. The molecule has 0 radical (unpaired) electrons. The minimum Gasteiger partial charge on any atom is -0.376 e. The van der Waals surface area contributed by atoms with E-state index in [0.29, 0.717) is 6.10 Å². The van der Waals surface area contributed by atoms with Gasteiger partial charge in [-0.25, -0.2) is 0 Å². The molecule has 5 heteroatoms. The Morgan fingerprint density at radius 3 is 2.63 bits per heavy atom. The summed E-state index contributed by atoms with van der Waals surface area (Å²) in [6, 6.07) is 0. The topological polar surface area (TPSA) is 36.9 Å². The van der Waals surface area contributed by atoms with Crippen molar-refractivity contribution in [3.63, 3.8) is 0 Å². The first-order chi connectivity index (χ1) is 8.79. The molecule has 4 nitrogen and oxygen atoms in total. The molecule has 2 fully saturated rings. The average Bonchev–Trinajstić information content (AvgIpc) is 2.89. The quantitative estimate of drug-likeness (QED) is 0.464. The van der Waals surface area contributed by atoms with Gasteiger partial charge >= 0.3 is 0 Å². The Kier molecular flexibility index (Phi) is 8.06. The number of hydrogen-bond acceptors (Lipinski definition) is 2. The van der Waals surface area contributed by atoms with Crippen LogP contribution in [0.5, 0.6) is 0 Å². The summed E-state index contributed by atoms with van der Waals surface area (Å²) >= 11 is 0. The third-order valence-electron chi connectivity index (χ3n) is 3.89. The molecule has 0 amide bonds. The number of rotatable bonds is 3. The van der Waals surface area contributed by atoms with Crippen LogP contribution in [0.25, 0.3) is 0 Å². The molecule has 2 aliphatic rings. The Bertz CT molecular complexity index is 272. The minimum atomic E-state index is 0. The van der Waals surface area contributed by atoms with Crippen molar-refractivity contribution < 1.29 is 4.74 Å². The molecule has 0 spiro atoms. The zero-order valence-corrected chi connectivity index (χ0v) is 14.6. The van der Waals surface area contributed by atoms with E-state index in [1.54, 1.807) is 0 Å². The number of guanidine groups is 1. The molecule has 1 N–H and O–H groups in total. The number of hydrogen-bond donors (Lipinski definition) is 1. The van der Waals surface area contributed by atoms with E-state index in [0.717, 1.165) is 44.7 Å². The van der Waals surface area contributed by atoms with Gasteiger partial charge in [-0.2, -0.15) is 0 Å². The lowest BCUT2D eigenvalue weighted by atomic mass is 10.00. The van der Waals surface area contributed by atoms with Gasteiger partial charge in [0.15, 0.2) is 5.96 Å². The van der Waals surface area contributed by atoms with Crippen molar-refractivity contribution in [1.82, 2.24) is 10.2 Å². The molecule has 112 valence electrons. The van der Waals surface area contributed by atoms with Crippen LogP contribution in [0.2, 0.25) is 0 Å². The lowest BCUT2D eigenvalue weighted by molar-refractivity contribution is 0.117. The van der Waals surface area contributed by atoms with Gasteiger partial charge in [0, 0.05) is 26.2 Å². The molecule has 0 aromatic carbocycles. The van der Waals surface area contributed by atoms with E-state index in [1.807, 2.05) is 0 Å². The Balaban J connectivity index is 0.00000180. The largest absolute Gasteiger partial charge is 0.376 e. The monoisotopic (exact) mass is 381 g/mol. The Morgan fingerprint density at radius 1 is 1.32 bits per heavy atom. The second kappa shape index (κ2) is 9.00. The van der Waals surface area contributed by atoms with Crippen LogP contribution >= 0.6 is 24.0 Å². The average molecular weight is 381 g/mol. The molecule has 19 heavy (non-hydrogen) atoms. The van der Waals surface area contributed by atoms with Crippen molar-refractivity contribution in [3.05, 3.63) is 0 Å². The van der Waals surface area contributed by atoms with Gasteiger partial charge in [-0.15, -0.1) is 24.0 Å². The van der Waals surface area contributed by atoms with Gasteiger partial charge in [-0.1, -0.05) is 6.92 Å². The number of likely N-dealkylation sites (tertiary alicyclic amines) is 1. The Morgan fingerprint density at radius 2 is 2.05 bits per heavy atom.